The molecule has 0 spiro atoms. The van der Waals surface area contributed by atoms with Crippen molar-refractivity contribution < 1.29 is 14.7 Å². The molecule has 0 heterocycles. The Kier molecular flexibility index (Phi) is 4.05. The van der Waals surface area contributed by atoms with Gasteiger partial charge in [-0.05, 0) is 32.0 Å². The van der Waals surface area contributed by atoms with Crippen molar-refractivity contribution >= 4 is 17.9 Å². The molecular formula is C12H15NO3. The fraction of sp³-hybridized carbons (Fsp3) is 0.333. The van der Waals surface area contributed by atoms with Gasteiger partial charge in [-0.1, -0.05) is 0 Å². The van der Waals surface area contributed by atoms with Crippen molar-refractivity contribution in [1.82, 2.24) is 0 Å². The van der Waals surface area contributed by atoms with Gasteiger partial charge in [-0.3, -0.25) is 4.79 Å². The van der Waals surface area contributed by atoms with Crippen molar-refractivity contribution in [2.45, 2.75) is 13.8 Å². The maximum atomic E-state index is 11.0. The quantitative estimate of drug-likeness (QED) is 0.773. The van der Waals surface area contributed by atoms with Crippen LogP contribution in [0.3, 0.4) is 0 Å². The van der Waals surface area contributed by atoms with E-state index in [-0.39, 0.29) is 11.1 Å². The molecule has 0 saturated carbocycles. The zero-order chi connectivity index (χ0) is 12.1. The van der Waals surface area contributed by atoms with Gasteiger partial charge in [0.2, 0.25) is 0 Å². The molecule has 0 aliphatic heterocycles. The van der Waals surface area contributed by atoms with Gasteiger partial charge in [-0.15, -0.1) is 0 Å². The average Bonchev–Trinajstić information content (AvgIpc) is 2.30. The van der Waals surface area contributed by atoms with Crippen LogP contribution in [0.1, 0.15) is 34.6 Å². The number of carbonyl (C=O) groups excluding carboxylic acids is 1. The fourth-order valence-electron chi connectivity index (χ4n) is 1.62. The number of aromatic carboxylic acids is 1. The molecule has 0 aromatic heterocycles. The first-order valence-corrected chi connectivity index (χ1v) is 5.21. The minimum absolute atomic E-state index is 0.0550. The molecule has 0 aliphatic rings. The number of carboxylic acids is 1. The summed E-state index contributed by atoms with van der Waals surface area (Å²) in [4.78, 5) is 23.7. The zero-order valence-electron chi connectivity index (χ0n) is 9.43. The van der Waals surface area contributed by atoms with Crippen LogP contribution >= 0.6 is 0 Å². The van der Waals surface area contributed by atoms with Crippen molar-refractivity contribution in [3.8, 4) is 0 Å². The van der Waals surface area contributed by atoms with Crippen LogP contribution in [0, 0.1) is 0 Å². The van der Waals surface area contributed by atoms with E-state index >= 15 is 0 Å². The summed E-state index contributed by atoms with van der Waals surface area (Å²) in [6.07, 6.45) is 0.565. The van der Waals surface area contributed by atoms with Crippen LogP contribution in [0.15, 0.2) is 18.2 Å². The van der Waals surface area contributed by atoms with E-state index in [0.717, 1.165) is 18.8 Å². The van der Waals surface area contributed by atoms with E-state index in [0.29, 0.717) is 6.29 Å². The van der Waals surface area contributed by atoms with Crippen LogP contribution in [-0.4, -0.2) is 30.5 Å². The molecular weight excluding hydrogens is 206 g/mol. The van der Waals surface area contributed by atoms with Gasteiger partial charge in [-0.2, -0.15) is 0 Å². The first kappa shape index (κ1) is 12.2. The van der Waals surface area contributed by atoms with Crippen LogP contribution < -0.4 is 4.90 Å². The maximum Gasteiger partial charge on any atom is 0.336 e. The second-order valence-corrected chi connectivity index (χ2v) is 3.37. The Morgan fingerprint density at radius 2 is 2.00 bits per heavy atom. The smallest absolute Gasteiger partial charge is 0.336 e. The predicted octanol–water partition coefficient (Wildman–Crippen LogP) is 2.04. The lowest BCUT2D eigenvalue weighted by molar-refractivity contribution is 0.0694. The summed E-state index contributed by atoms with van der Waals surface area (Å²) in [5, 5.41) is 8.97. The maximum absolute atomic E-state index is 11.0. The summed E-state index contributed by atoms with van der Waals surface area (Å²) >= 11 is 0. The Hall–Kier alpha value is -1.84. The molecule has 1 N–H and O–H groups in total. The Bertz CT molecular complexity index is 397. The van der Waals surface area contributed by atoms with Crippen LogP contribution in [0.25, 0.3) is 0 Å². The van der Waals surface area contributed by atoms with Crippen LogP contribution in [0.5, 0.6) is 0 Å². The van der Waals surface area contributed by atoms with Gasteiger partial charge in [0, 0.05) is 24.3 Å². The highest BCUT2D eigenvalue weighted by Crippen LogP contribution is 2.18. The number of carboxylic acid groups (broad SMARTS) is 1. The second kappa shape index (κ2) is 5.30. The predicted molar refractivity (Wildman–Crippen MR) is 62.3 cm³/mol. The minimum Gasteiger partial charge on any atom is -0.478 e. The van der Waals surface area contributed by atoms with Crippen molar-refractivity contribution in [1.29, 1.82) is 0 Å². The molecule has 86 valence electrons. The molecule has 1 aromatic rings. The lowest BCUT2D eigenvalue weighted by atomic mass is 10.1. The van der Waals surface area contributed by atoms with Gasteiger partial charge in [0.1, 0.15) is 0 Å². The molecule has 0 unspecified atom stereocenters. The average molecular weight is 221 g/mol. The van der Waals surface area contributed by atoms with Crippen LogP contribution in [0.4, 0.5) is 5.69 Å². The van der Waals surface area contributed by atoms with Crippen molar-refractivity contribution in [3.05, 3.63) is 29.3 Å². The summed E-state index contributed by atoms with van der Waals surface area (Å²) in [7, 11) is 0. The molecule has 0 atom stereocenters. The highest BCUT2D eigenvalue weighted by Gasteiger charge is 2.12. The van der Waals surface area contributed by atoms with E-state index in [1.807, 2.05) is 18.7 Å². The van der Waals surface area contributed by atoms with Crippen LogP contribution in [-0.2, 0) is 0 Å². The molecule has 4 nitrogen and oxygen atoms in total. The van der Waals surface area contributed by atoms with Gasteiger partial charge in [-0.25, -0.2) is 4.79 Å². The standard InChI is InChI=1S/C12H15NO3/c1-3-13(4-2)10-6-5-9(8-14)11(7-10)12(15)16/h5-8H,3-4H2,1-2H3,(H,15,16). The molecule has 1 rings (SSSR count). The van der Waals surface area contributed by atoms with E-state index in [1.54, 1.807) is 18.2 Å². The number of hydrogen-bond acceptors (Lipinski definition) is 3. The summed E-state index contributed by atoms with van der Waals surface area (Å²) in [5.74, 6) is -1.07. The van der Waals surface area contributed by atoms with Crippen molar-refractivity contribution in [3.63, 3.8) is 0 Å². The number of anilines is 1. The largest absolute Gasteiger partial charge is 0.478 e. The number of hydrogen-bond donors (Lipinski definition) is 1. The molecule has 1 aromatic carbocycles. The number of benzene rings is 1. The van der Waals surface area contributed by atoms with E-state index < -0.39 is 5.97 Å². The lowest BCUT2D eigenvalue weighted by Gasteiger charge is -2.21. The molecule has 0 amide bonds. The summed E-state index contributed by atoms with van der Waals surface area (Å²) < 4.78 is 0. The third-order valence-corrected chi connectivity index (χ3v) is 2.52. The topological polar surface area (TPSA) is 57.6 Å². The highest BCUT2D eigenvalue weighted by molar-refractivity contribution is 5.98. The molecule has 0 aliphatic carbocycles. The molecule has 0 fully saturated rings. The number of nitrogens with zero attached hydrogens (tertiary/aromatic N) is 1. The Morgan fingerprint density at radius 1 is 1.38 bits per heavy atom. The molecule has 0 bridgehead atoms. The number of carbonyl (C=O) groups is 2. The monoisotopic (exact) mass is 221 g/mol. The number of rotatable bonds is 5. The summed E-state index contributed by atoms with van der Waals surface area (Å²) in [6, 6.07) is 4.85. The van der Waals surface area contributed by atoms with Gasteiger partial charge in [0.15, 0.2) is 6.29 Å². The molecule has 0 radical (unpaired) electrons. The molecule has 4 heteroatoms. The zero-order valence-corrected chi connectivity index (χ0v) is 9.43. The van der Waals surface area contributed by atoms with Gasteiger partial charge < -0.3 is 10.0 Å². The Balaban J connectivity index is 3.20. The van der Waals surface area contributed by atoms with E-state index in [1.165, 1.54) is 0 Å². The molecule has 16 heavy (non-hydrogen) atoms. The van der Waals surface area contributed by atoms with E-state index in [9.17, 15) is 9.59 Å². The fourth-order valence-corrected chi connectivity index (χ4v) is 1.62. The van der Waals surface area contributed by atoms with Crippen molar-refractivity contribution in [2.24, 2.45) is 0 Å². The van der Waals surface area contributed by atoms with Gasteiger partial charge in [0.25, 0.3) is 0 Å². The minimum atomic E-state index is -1.07. The Labute approximate surface area is 94.5 Å². The first-order valence-electron chi connectivity index (χ1n) is 5.21. The second-order valence-electron chi connectivity index (χ2n) is 3.37. The lowest BCUT2D eigenvalue weighted by Crippen LogP contribution is -2.22. The normalized spacial score (nSPS) is 9.88. The molecule has 0 saturated heterocycles. The summed E-state index contributed by atoms with van der Waals surface area (Å²) in [6.45, 7) is 5.60. The summed E-state index contributed by atoms with van der Waals surface area (Å²) in [5.41, 5.74) is 1.09. The SMILES string of the molecule is CCN(CC)c1ccc(C=O)c(C(=O)O)c1. The third-order valence-electron chi connectivity index (χ3n) is 2.52. The van der Waals surface area contributed by atoms with E-state index in [2.05, 4.69) is 0 Å². The third kappa shape index (κ3) is 2.39. The number of aldehydes is 1. The van der Waals surface area contributed by atoms with Gasteiger partial charge in [0.05, 0.1) is 5.56 Å². The van der Waals surface area contributed by atoms with Gasteiger partial charge >= 0.3 is 5.97 Å². The van der Waals surface area contributed by atoms with Crippen LogP contribution in [0.2, 0.25) is 0 Å². The Morgan fingerprint density at radius 3 is 2.44 bits per heavy atom. The van der Waals surface area contributed by atoms with E-state index in [4.69, 9.17) is 5.11 Å². The first-order chi connectivity index (χ1) is 7.63. The van der Waals surface area contributed by atoms with Crippen molar-refractivity contribution in [2.75, 3.05) is 18.0 Å². The highest BCUT2D eigenvalue weighted by atomic mass is 16.4.